The Labute approximate surface area is 192 Å². The lowest BCUT2D eigenvalue weighted by Gasteiger charge is -2.18. The molecule has 0 spiro atoms. The van der Waals surface area contributed by atoms with Crippen LogP contribution >= 0.6 is 15.9 Å². The Morgan fingerprint density at radius 2 is 1.57 bits per heavy atom. The molecule has 144 valence electrons. The second-order valence-corrected chi connectivity index (χ2v) is 7.63. The fraction of sp³-hybridized carbons (Fsp3) is 0.217. The Hall–Kier alpha value is -1.91. The van der Waals surface area contributed by atoms with Crippen LogP contribution in [0.2, 0.25) is 0 Å². The minimum absolute atomic E-state index is 0. The largest absolute Gasteiger partial charge is 1.00 e. The van der Waals surface area contributed by atoms with Crippen molar-refractivity contribution in [1.29, 1.82) is 5.26 Å². The molecule has 1 heterocycles. The molecule has 0 fully saturated rings. The molecular weight excluding hydrogens is 525 g/mol. The molecule has 0 unspecified atom stereocenters. The topological polar surface area (TPSA) is 30.9 Å². The van der Waals surface area contributed by atoms with Crippen LogP contribution in [0.25, 0.3) is 22.4 Å². The van der Waals surface area contributed by atoms with Gasteiger partial charge in [-0.1, -0.05) is 28.1 Å². The van der Waals surface area contributed by atoms with Gasteiger partial charge in [0.15, 0.2) is 5.69 Å². The highest BCUT2D eigenvalue weighted by molar-refractivity contribution is 9.10. The van der Waals surface area contributed by atoms with Gasteiger partial charge < -0.3 is 28.9 Å². The van der Waals surface area contributed by atoms with Crippen molar-refractivity contribution in [3.63, 3.8) is 0 Å². The van der Waals surface area contributed by atoms with Crippen LogP contribution in [-0.4, -0.2) is 13.6 Å². The molecule has 28 heavy (non-hydrogen) atoms. The van der Waals surface area contributed by atoms with Gasteiger partial charge in [0.25, 0.3) is 0 Å². The van der Waals surface area contributed by atoms with Gasteiger partial charge in [0.05, 0.1) is 12.5 Å². The number of hydrogen-bond donors (Lipinski definition) is 0. The van der Waals surface area contributed by atoms with Crippen molar-refractivity contribution in [3.05, 3.63) is 70.8 Å². The van der Waals surface area contributed by atoms with Gasteiger partial charge in [0, 0.05) is 48.4 Å². The lowest BCUT2D eigenvalue weighted by Crippen LogP contribution is -3.00. The van der Waals surface area contributed by atoms with E-state index in [1.807, 2.05) is 7.05 Å². The van der Waals surface area contributed by atoms with Crippen LogP contribution in [0.15, 0.2) is 65.1 Å². The van der Waals surface area contributed by atoms with Gasteiger partial charge in [0.2, 0.25) is 5.69 Å². The van der Waals surface area contributed by atoms with E-state index in [4.69, 9.17) is 5.26 Å². The highest BCUT2D eigenvalue weighted by Gasteiger charge is 2.15. The summed E-state index contributed by atoms with van der Waals surface area (Å²) in [6.07, 6.45) is 0.531. The third-order valence-corrected chi connectivity index (χ3v) is 5.42. The van der Waals surface area contributed by atoms with Crippen molar-refractivity contribution in [2.75, 3.05) is 18.5 Å². The second kappa shape index (κ2) is 10.0. The highest BCUT2D eigenvalue weighted by Crippen LogP contribution is 2.27. The maximum absolute atomic E-state index is 8.76. The first-order chi connectivity index (χ1) is 13.0. The van der Waals surface area contributed by atoms with E-state index >= 15 is 0 Å². The van der Waals surface area contributed by atoms with Crippen molar-refractivity contribution in [2.24, 2.45) is 7.05 Å². The van der Waals surface area contributed by atoms with Gasteiger partial charge in [-0.25, -0.2) is 0 Å². The van der Waals surface area contributed by atoms with Gasteiger partial charge >= 0.3 is 0 Å². The zero-order chi connectivity index (χ0) is 19.4. The van der Waals surface area contributed by atoms with Crippen LogP contribution in [0.4, 0.5) is 5.69 Å². The van der Waals surface area contributed by atoms with E-state index in [0.717, 1.165) is 16.7 Å². The average Bonchev–Trinajstić information content (AvgIpc) is 2.69. The summed E-state index contributed by atoms with van der Waals surface area (Å²) in [6, 6.07) is 23.6. The lowest BCUT2D eigenvalue weighted by atomic mass is 10.0. The molecule has 0 amide bonds. The standard InChI is InChI=1S/C23H23BrN3.HI/c1-17-15-20(16-23(27(17)3)19-5-9-21(24)10-6-19)18-7-11-22(12-8-18)26(2)14-4-13-25;/h5-12,15-16H,4,14H2,1-3H3;1H/q+1;/p-1. The number of nitrogens with zero attached hydrogens (tertiary/aromatic N) is 3. The molecular formula is C23H23BrIN3. The second-order valence-electron chi connectivity index (χ2n) is 6.71. The molecule has 5 heteroatoms. The molecule has 0 atom stereocenters. The first-order valence-electron chi connectivity index (χ1n) is 8.95. The van der Waals surface area contributed by atoms with Gasteiger partial charge in [0.1, 0.15) is 7.05 Å². The lowest BCUT2D eigenvalue weighted by molar-refractivity contribution is -0.666. The minimum atomic E-state index is 0. The van der Waals surface area contributed by atoms with Crippen molar-refractivity contribution >= 4 is 21.6 Å². The molecule has 0 bridgehead atoms. The molecule has 0 aliphatic rings. The fourth-order valence-electron chi connectivity index (χ4n) is 3.12. The van der Waals surface area contributed by atoms with Gasteiger partial charge in [-0.2, -0.15) is 9.83 Å². The number of nitriles is 1. The van der Waals surface area contributed by atoms with Gasteiger partial charge in [-0.3, -0.25) is 0 Å². The first kappa shape index (κ1) is 22.4. The van der Waals surface area contributed by atoms with E-state index in [-0.39, 0.29) is 24.0 Å². The summed E-state index contributed by atoms with van der Waals surface area (Å²) in [5.74, 6) is 0. The smallest absolute Gasteiger partial charge is 0.213 e. The van der Waals surface area contributed by atoms with Crippen LogP contribution < -0.4 is 33.4 Å². The molecule has 0 aliphatic heterocycles. The fourth-order valence-corrected chi connectivity index (χ4v) is 3.38. The molecule has 0 N–H and O–H groups in total. The summed E-state index contributed by atoms with van der Waals surface area (Å²) in [5, 5.41) is 8.76. The van der Waals surface area contributed by atoms with E-state index in [1.165, 1.54) is 28.1 Å². The summed E-state index contributed by atoms with van der Waals surface area (Å²) in [6.45, 7) is 2.87. The highest BCUT2D eigenvalue weighted by atomic mass is 127. The summed E-state index contributed by atoms with van der Waals surface area (Å²) in [4.78, 5) is 2.11. The zero-order valence-corrected chi connectivity index (χ0v) is 20.0. The Balaban J connectivity index is 0.00000280. The Morgan fingerprint density at radius 3 is 2.18 bits per heavy atom. The van der Waals surface area contributed by atoms with Crippen molar-refractivity contribution in [1.82, 2.24) is 0 Å². The molecule has 3 nitrogen and oxygen atoms in total. The number of aromatic nitrogens is 1. The maximum Gasteiger partial charge on any atom is 0.213 e. The molecule has 3 aromatic rings. The monoisotopic (exact) mass is 547 g/mol. The zero-order valence-electron chi connectivity index (χ0n) is 16.3. The van der Waals surface area contributed by atoms with E-state index in [1.54, 1.807) is 0 Å². The number of benzene rings is 2. The number of rotatable bonds is 5. The summed E-state index contributed by atoms with van der Waals surface area (Å²) in [5.41, 5.74) is 7.11. The third-order valence-electron chi connectivity index (χ3n) is 4.89. The molecule has 0 saturated carbocycles. The van der Waals surface area contributed by atoms with Crippen molar-refractivity contribution in [2.45, 2.75) is 13.3 Å². The number of halogens is 2. The van der Waals surface area contributed by atoms with Crippen LogP contribution in [0, 0.1) is 18.3 Å². The van der Waals surface area contributed by atoms with Crippen molar-refractivity contribution < 1.29 is 28.5 Å². The van der Waals surface area contributed by atoms with E-state index in [2.05, 4.69) is 106 Å². The molecule has 0 saturated heterocycles. The molecule has 0 aliphatic carbocycles. The van der Waals surface area contributed by atoms with Gasteiger partial charge in [-0.05, 0) is 47.5 Å². The number of aryl methyl sites for hydroxylation is 1. The van der Waals surface area contributed by atoms with E-state index in [9.17, 15) is 0 Å². The summed E-state index contributed by atoms with van der Waals surface area (Å²) in [7, 11) is 4.12. The van der Waals surface area contributed by atoms with Gasteiger partial charge in [-0.15, -0.1) is 0 Å². The molecule has 0 radical (unpaired) electrons. The van der Waals surface area contributed by atoms with E-state index in [0.29, 0.717) is 6.42 Å². The van der Waals surface area contributed by atoms with Crippen LogP contribution in [-0.2, 0) is 7.05 Å². The summed E-state index contributed by atoms with van der Waals surface area (Å²) < 4.78 is 3.30. The van der Waals surface area contributed by atoms with Crippen molar-refractivity contribution in [3.8, 4) is 28.5 Å². The Morgan fingerprint density at radius 1 is 0.964 bits per heavy atom. The molecule has 1 aromatic heterocycles. The Kier molecular flexibility index (Phi) is 8.02. The summed E-state index contributed by atoms with van der Waals surface area (Å²) >= 11 is 3.51. The van der Waals surface area contributed by atoms with Crippen LogP contribution in [0.1, 0.15) is 12.1 Å². The first-order valence-corrected chi connectivity index (χ1v) is 9.74. The van der Waals surface area contributed by atoms with Crippen LogP contribution in [0.3, 0.4) is 0 Å². The predicted octanol–water partition coefficient (Wildman–Crippen LogP) is 2.27. The minimum Gasteiger partial charge on any atom is -1.00 e. The maximum atomic E-state index is 8.76. The SMILES string of the molecule is Cc1cc(-c2ccc(N(C)CCC#N)cc2)cc(-c2ccc(Br)cc2)[n+]1C.[I-]. The predicted molar refractivity (Wildman–Crippen MR) is 114 cm³/mol. The molecule has 3 rings (SSSR count). The quantitative estimate of drug-likeness (QED) is 0.362. The number of pyridine rings is 1. The normalized spacial score (nSPS) is 10.1. The van der Waals surface area contributed by atoms with Crippen LogP contribution in [0.5, 0.6) is 0 Å². The number of anilines is 1. The molecule has 2 aromatic carbocycles. The third kappa shape index (κ3) is 5.12. The van der Waals surface area contributed by atoms with E-state index < -0.39 is 0 Å². The average molecular weight is 548 g/mol. The Bertz CT molecular complexity index is 976. The number of hydrogen-bond acceptors (Lipinski definition) is 2.